The average molecular weight is 259 g/mol. The third-order valence-corrected chi connectivity index (χ3v) is 2.66. The summed E-state index contributed by atoms with van der Waals surface area (Å²) in [5, 5.41) is 3.03. The molecule has 0 atom stereocenters. The van der Waals surface area contributed by atoms with Gasteiger partial charge in [0.05, 0.1) is 12.7 Å². The number of benzene rings is 1. The standard InChI is InChI=1S/C14H17N3O2/c1-15-7-8-19-12-5-3-11(4-6-12)13-9-16-10-17-14(13)18-2/h3-6,9-10,15H,7-8H2,1-2H3. The summed E-state index contributed by atoms with van der Waals surface area (Å²) >= 11 is 0. The Balaban J connectivity index is 2.13. The van der Waals surface area contributed by atoms with E-state index in [1.807, 2.05) is 31.3 Å². The molecule has 1 heterocycles. The SMILES string of the molecule is CNCCOc1ccc(-c2cncnc2OC)cc1. The van der Waals surface area contributed by atoms with Gasteiger partial charge in [-0.25, -0.2) is 9.97 Å². The highest BCUT2D eigenvalue weighted by molar-refractivity contribution is 5.68. The van der Waals surface area contributed by atoms with Crippen LogP contribution in [0.15, 0.2) is 36.8 Å². The van der Waals surface area contributed by atoms with E-state index in [0.29, 0.717) is 12.5 Å². The van der Waals surface area contributed by atoms with Crippen LogP contribution in [0, 0.1) is 0 Å². The zero-order valence-electron chi connectivity index (χ0n) is 11.1. The average Bonchev–Trinajstić information content (AvgIpc) is 2.48. The summed E-state index contributed by atoms with van der Waals surface area (Å²) < 4.78 is 10.8. The van der Waals surface area contributed by atoms with Crippen LogP contribution in [0.2, 0.25) is 0 Å². The molecule has 2 rings (SSSR count). The van der Waals surface area contributed by atoms with E-state index in [1.165, 1.54) is 6.33 Å². The predicted molar refractivity (Wildman–Crippen MR) is 73.4 cm³/mol. The summed E-state index contributed by atoms with van der Waals surface area (Å²) in [5.41, 5.74) is 1.87. The number of rotatable bonds is 6. The van der Waals surface area contributed by atoms with Gasteiger partial charge in [-0.3, -0.25) is 0 Å². The molecule has 0 saturated heterocycles. The maximum Gasteiger partial charge on any atom is 0.224 e. The van der Waals surface area contributed by atoms with Crippen LogP contribution in [-0.4, -0.2) is 37.3 Å². The fourth-order valence-electron chi connectivity index (χ4n) is 1.68. The number of nitrogens with one attached hydrogen (secondary N) is 1. The molecular formula is C14H17N3O2. The maximum absolute atomic E-state index is 5.57. The van der Waals surface area contributed by atoms with Crippen molar-refractivity contribution in [1.82, 2.24) is 15.3 Å². The van der Waals surface area contributed by atoms with Crippen LogP contribution in [0.3, 0.4) is 0 Å². The third-order valence-electron chi connectivity index (χ3n) is 2.66. The van der Waals surface area contributed by atoms with E-state index < -0.39 is 0 Å². The Hall–Kier alpha value is -2.14. The molecule has 0 saturated carbocycles. The van der Waals surface area contributed by atoms with Gasteiger partial charge in [0.1, 0.15) is 18.7 Å². The minimum atomic E-state index is 0.568. The van der Waals surface area contributed by atoms with E-state index in [-0.39, 0.29) is 0 Å². The van der Waals surface area contributed by atoms with Crippen LogP contribution in [-0.2, 0) is 0 Å². The molecule has 0 aliphatic heterocycles. The summed E-state index contributed by atoms with van der Waals surface area (Å²) in [6.45, 7) is 1.47. The van der Waals surface area contributed by atoms with Crippen molar-refractivity contribution in [2.75, 3.05) is 27.3 Å². The highest BCUT2D eigenvalue weighted by atomic mass is 16.5. The van der Waals surface area contributed by atoms with Crippen molar-refractivity contribution >= 4 is 0 Å². The second kappa shape index (κ2) is 6.70. The third kappa shape index (κ3) is 3.42. The summed E-state index contributed by atoms with van der Waals surface area (Å²) in [5.74, 6) is 1.41. The summed E-state index contributed by atoms with van der Waals surface area (Å²) in [7, 11) is 3.50. The molecule has 100 valence electrons. The van der Waals surface area contributed by atoms with Crippen LogP contribution in [0.1, 0.15) is 0 Å². The Morgan fingerprint density at radius 1 is 1.21 bits per heavy atom. The minimum absolute atomic E-state index is 0.568. The number of aromatic nitrogens is 2. The molecular weight excluding hydrogens is 242 g/mol. The van der Waals surface area contributed by atoms with Gasteiger partial charge < -0.3 is 14.8 Å². The second-order valence-electron chi connectivity index (χ2n) is 3.92. The maximum atomic E-state index is 5.57. The lowest BCUT2D eigenvalue weighted by atomic mass is 10.1. The molecule has 1 aromatic heterocycles. The van der Waals surface area contributed by atoms with Gasteiger partial charge in [0.15, 0.2) is 0 Å². The monoisotopic (exact) mass is 259 g/mol. The van der Waals surface area contributed by atoms with Crippen molar-refractivity contribution in [3.05, 3.63) is 36.8 Å². The van der Waals surface area contributed by atoms with Gasteiger partial charge >= 0.3 is 0 Å². The molecule has 5 heteroatoms. The van der Waals surface area contributed by atoms with Gasteiger partial charge in [-0.2, -0.15) is 0 Å². The minimum Gasteiger partial charge on any atom is -0.492 e. The lowest BCUT2D eigenvalue weighted by Crippen LogP contribution is -2.15. The molecule has 0 spiro atoms. The largest absolute Gasteiger partial charge is 0.492 e. The van der Waals surface area contributed by atoms with Gasteiger partial charge in [0, 0.05) is 12.7 Å². The highest BCUT2D eigenvalue weighted by Gasteiger charge is 2.06. The van der Waals surface area contributed by atoms with Crippen LogP contribution in [0.5, 0.6) is 11.6 Å². The predicted octanol–water partition coefficient (Wildman–Crippen LogP) is 1.75. The summed E-state index contributed by atoms with van der Waals surface area (Å²) in [6, 6.07) is 7.79. The van der Waals surface area contributed by atoms with E-state index in [2.05, 4.69) is 15.3 Å². The van der Waals surface area contributed by atoms with E-state index >= 15 is 0 Å². The van der Waals surface area contributed by atoms with Crippen LogP contribution in [0.4, 0.5) is 0 Å². The molecule has 1 N–H and O–H groups in total. The number of hydrogen-bond donors (Lipinski definition) is 1. The normalized spacial score (nSPS) is 10.2. The number of nitrogens with zero attached hydrogens (tertiary/aromatic N) is 2. The Morgan fingerprint density at radius 2 is 2.00 bits per heavy atom. The lowest BCUT2D eigenvalue weighted by Gasteiger charge is -2.08. The van der Waals surface area contributed by atoms with Crippen molar-refractivity contribution in [1.29, 1.82) is 0 Å². The van der Waals surface area contributed by atoms with Crippen LogP contribution >= 0.6 is 0 Å². The summed E-state index contributed by atoms with van der Waals surface area (Å²) in [4.78, 5) is 8.11. The molecule has 0 bridgehead atoms. The number of methoxy groups -OCH3 is 1. The number of ether oxygens (including phenoxy) is 2. The van der Waals surface area contributed by atoms with E-state index in [0.717, 1.165) is 23.4 Å². The molecule has 19 heavy (non-hydrogen) atoms. The van der Waals surface area contributed by atoms with E-state index in [9.17, 15) is 0 Å². The molecule has 0 amide bonds. The quantitative estimate of drug-likeness (QED) is 0.801. The van der Waals surface area contributed by atoms with Crippen LogP contribution < -0.4 is 14.8 Å². The van der Waals surface area contributed by atoms with Gasteiger partial charge in [0.25, 0.3) is 0 Å². The summed E-state index contributed by atoms with van der Waals surface area (Å²) in [6.07, 6.45) is 3.21. The fourth-order valence-corrected chi connectivity index (χ4v) is 1.68. The second-order valence-corrected chi connectivity index (χ2v) is 3.92. The molecule has 0 radical (unpaired) electrons. The molecule has 0 unspecified atom stereocenters. The molecule has 0 aliphatic carbocycles. The Labute approximate surface area is 112 Å². The van der Waals surface area contributed by atoms with Crippen molar-refractivity contribution in [3.8, 4) is 22.8 Å². The van der Waals surface area contributed by atoms with Crippen molar-refractivity contribution < 1.29 is 9.47 Å². The van der Waals surface area contributed by atoms with Crippen molar-refractivity contribution in [2.45, 2.75) is 0 Å². The van der Waals surface area contributed by atoms with Gasteiger partial charge in [0.2, 0.25) is 5.88 Å². The molecule has 2 aromatic rings. The van der Waals surface area contributed by atoms with Crippen molar-refractivity contribution in [3.63, 3.8) is 0 Å². The van der Waals surface area contributed by atoms with Gasteiger partial charge in [-0.1, -0.05) is 12.1 Å². The fraction of sp³-hybridized carbons (Fsp3) is 0.286. The first kappa shape index (κ1) is 13.3. The van der Waals surface area contributed by atoms with Crippen LogP contribution in [0.25, 0.3) is 11.1 Å². The smallest absolute Gasteiger partial charge is 0.224 e. The van der Waals surface area contributed by atoms with Crippen molar-refractivity contribution in [2.24, 2.45) is 0 Å². The zero-order chi connectivity index (χ0) is 13.5. The number of likely N-dealkylation sites (N-methyl/N-ethyl adjacent to an activating group) is 1. The Kier molecular flexibility index (Phi) is 4.69. The molecule has 0 aliphatic rings. The molecule has 0 fully saturated rings. The number of hydrogen-bond acceptors (Lipinski definition) is 5. The Morgan fingerprint density at radius 3 is 2.68 bits per heavy atom. The molecule has 5 nitrogen and oxygen atoms in total. The first-order chi connectivity index (χ1) is 9.35. The lowest BCUT2D eigenvalue weighted by molar-refractivity contribution is 0.318. The molecule has 1 aromatic carbocycles. The highest BCUT2D eigenvalue weighted by Crippen LogP contribution is 2.28. The zero-order valence-corrected chi connectivity index (χ0v) is 11.1. The van der Waals surface area contributed by atoms with E-state index in [1.54, 1.807) is 13.3 Å². The van der Waals surface area contributed by atoms with Gasteiger partial charge in [-0.05, 0) is 24.7 Å². The first-order valence-corrected chi connectivity index (χ1v) is 6.07. The topological polar surface area (TPSA) is 56.3 Å². The van der Waals surface area contributed by atoms with E-state index in [4.69, 9.17) is 9.47 Å². The Bertz CT molecular complexity index is 514. The van der Waals surface area contributed by atoms with Gasteiger partial charge in [-0.15, -0.1) is 0 Å². The first-order valence-electron chi connectivity index (χ1n) is 6.07.